The summed E-state index contributed by atoms with van der Waals surface area (Å²) in [5.41, 5.74) is -0.797. The van der Waals surface area contributed by atoms with Gasteiger partial charge < -0.3 is 9.64 Å². The summed E-state index contributed by atoms with van der Waals surface area (Å²) in [4.78, 5) is 14.4. The van der Waals surface area contributed by atoms with E-state index in [1.807, 2.05) is 4.90 Å². The number of sulfonamides is 1. The molecular formula is C17H22N2O4S. The third-order valence-electron chi connectivity index (χ3n) is 5.23. The number of ether oxygens (including phenoxy) is 1. The fourth-order valence-electron chi connectivity index (χ4n) is 3.71. The SMILES string of the molecule is O=C(C1CC1)N1CCC2(CC1)OCCN2S(=O)(=O)c1ccccc1. The van der Waals surface area contributed by atoms with Crippen LogP contribution < -0.4 is 0 Å². The average Bonchev–Trinajstić information content (AvgIpc) is 3.38. The Morgan fingerprint density at radius 3 is 2.38 bits per heavy atom. The van der Waals surface area contributed by atoms with Gasteiger partial charge in [0.25, 0.3) is 0 Å². The minimum atomic E-state index is -3.58. The van der Waals surface area contributed by atoms with Crippen LogP contribution in [0.25, 0.3) is 0 Å². The second-order valence-corrected chi connectivity index (χ2v) is 8.65. The number of amides is 1. The molecule has 0 atom stereocenters. The maximum Gasteiger partial charge on any atom is 0.245 e. The lowest BCUT2D eigenvalue weighted by molar-refractivity contribution is -0.141. The molecule has 0 N–H and O–H groups in total. The first kappa shape index (κ1) is 16.1. The summed E-state index contributed by atoms with van der Waals surface area (Å²) >= 11 is 0. The summed E-state index contributed by atoms with van der Waals surface area (Å²) in [7, 11) is -3.58. The average molecular weight is 350 g/mol. The lowest BCUT2D eigenvalue weighted by Crippen LogP contribution is -2.55. The van der Waals surface area contributed by atoms with Gasteiger partial charge in [0.05, 0.1) is 11.5 Å². The van der Waals surface area contributed by atoms with Gasteiger partial charge in [0.15, 0.2) is 0 Å². The van der Waals surface area contributed by atoms with E-state index >= 15 is 0 Å². The number of piperidine rings is 1. The van der Waals surface area contributed by atoms with Crippen molar-refractivity contribution in [3.63, 3.8) is 0 Å². The fraction of sp³-hybridized carbons (Fsp3) is 0.588. The van der Waals surface area contributed by atoms with E-state index in [0.717, 1.165) is 12.8 Å². The maximum atomic E-state index is 13.0. The molecule has 0 aromatic heterocycles. The number of rotatable bonds is 3. The number of nitrogens with zero attached hydrogens (tertiary/aromatic N) is 2. The van der Waals surface area contributed by atoms with Gasteiger partial charge in [-0.1, -0.05) is 18.2 Å². The highest BCUT2D eigenvalue weighted by Gasteiger charge is 2.51. The first-order valence-electron chi connectivity index (χ1n) is 8.54. The van der Waals surface area contributed by atoms with Gasteiger partial charge in [-0.25, -0.2) is 8.42 Å². The highest BCUT2D eigenvalue weighted by Crippen LogP contribution is 2.39. The topological polar surface area (TPSA) is 66.9 Å². The van der Waals surface area contributed by atoms with E-state index in [-0.39, 0.29) is 11.8 Å². The Morgan fingerprint density at radius 2 is 1.75 bits per heavy atom. The highest BCUT2D eigenvalue weighted by molar-refractivity contribution is 7.89. The van der Waals surface area contributed by atoms with Crippen LogP contribution in [0.15, 0.2) is 35.2 Å². The van der Waals surface area contributed by atoms with E-state index in [1.54, 1.807) is 30.3 Å². The number of likely N-dealkylation sites (tertiary alicyclic amines) is 1. The molecule has 24 heavy (non-hydrogen) atoms. The van der Waals surface area contributed by atoms with Crippen molar-refractivity contribution in [1.82, 2.24) is 9.21 Å². The molecule has 1 aliphatic carbocycles. The molecule has 1 saturated carbocycles. The number of carbonyl (C=O) groups excluding carboxylic acids is 1. The molecule has 4 rings (SSSR count). The molecule has 3 aliphatic rings. The summed E-state index contributed by atoms with van der Waals surface area (Å²) in [6, 6.07) is 8.50. The minimum absolute atomic E-state index is 0.202. The lowest BCUT2D eigenvalue weighted by atomic mass is 10.0. The van der Waals surface area contributed by atoms with E-state index in [1.165, 1.54) is 4.31 Å². The van der Waals surface area contributed by atoms with Gasteiger partial charge in [0, 0.05) is 38.4 Å². The number of hydrogen-bond acceptors (Lipinski definition) is 4. The van der Waals surface area contributed by atoms with Crippen LogP contribution in [-0.4, -0.2) is 55.5 Å². The minimum Gasteiger partial charge on any atom is -0.358 e. The second kappa shape index (κ2) is 5.82. The van der Waals surface area contributed by atoms with E-state index < -0.39 is 15.7 Å². The molecule has 1 spiro atoms. The van der Waals surface area contributed by atoms with Gasteiger partial charge in [0.2, 0.25) is 15.9 Å². The largest absolute Gasteiger partial charge is 0.358 e. The summed E-state index contributed by atoms with van der Waals surface area (Å²) in [6.07, 6.45) is 3.06. The Hall–Kier alpha value is -1.44. The van der Waals surface area contributed by atoms with Crippen LogP contribution >= 0.6 is 0 Å². The van der Waals surface area contributed by atoms with Crippen molar-refractivity contribution in [1.29, 1.82) is 0 Å². The van der Waals surface area contributed by atoms with Crippen molar-refractivity contribution in [2.45, 2.75) is 36.3 Å². The van der Waals surface area contributed by atoms with Gasteiger partial charge in [-0.3, -0.25) is 4.79 Å². The van der Waals surface area contributed by atoms with Gasteiger partial charge in [-0.15, -0.1) is 0 Å². The van der Waals surface area contributed by atoms with Crippen LogP contribution in [-0.2, 0) is 19.6 Å². The summed E-state index contributed by atoms with van der Waals surface area (Å²) in [5, 5.41) is 0. The molecule has 1 aromatic carbocycles. The van der Waals surface area contributed by atoms with Gasteiger partial charge in [-0.05, 0) is 25.0 Å². The first-order valence-corrected chi connectivity index (χ1v) is 9.98. The Labute approximate surface area is 142 Å². The number of benzene rings is 1. The van der Waals surface area contributed by atoms with Crippen LogP contribution in [0.1, 0.15) is 25.7 Å². The number of carbonyl (C=O) groups is 1. The van der Waals surface area contributed by atoms with Crippen molar-refractivity contribution in [2.24, 2.45) is 5.92 Å². The normalized spacial score (nSPS) is 24.4. The Bertz CT molecular complexity index is 722. The highest BCUT2D eigenvalue weighted by atomic mass is 32.2. The van der Waals surface area contributed by atoms with Gasteiger partial charge in [-0.2, -0.15) is 4.31 Å². The summed E-state index contributed by atoms with van der Waals surface area (Å²) < 4.78 is 33.4. The summed E-state index contributed by atoms with van der Waals surface area (Å²) in [6.45, 7) is 1.91. The zero-order valence-electron chi connectivity index (χ0n) is 13.6. The molecule has 2 saturated heterocycles. The quantitative estimate of drug-likeness (QED) is 0.827. The molecule has 6 nitrogen and oxygen atoms in total. The predicted octanol–water partition coefficient (Wildman–Crippen LogP) is 1.44. The van der Waals surface area contributed by atoms with E-state index in [2.05, 4.69) is 0 Å². The number of hydrogen-bond donors (Lipinski definition) is 0. The molecule has 2 heterocycles. The molecule has 3 fully saturated rings. The smallest absolute Gasteiger partial charge is 0.245 e. The van der Waals surface area contributed by atoms with Gasteiger partial charge >= 0.3 is 0 Å². The molecule has 0 radical (unpaired) electrons. The van der Waals surface area contributed by atoms with E-state index in [9.17, 15) is 13.2 Å². The van der Waals surface area contributed by atoms with E-state index in [0.29, 0.717) is 44.0 Å². The fourth-order valence-corrected chi connectivity index (χ4v) is 5.46. The lowest BCUT2D eigenvalue weighted by Gasteiger charge is -2.42. The standard InChI is InChI=1S/C17H22N2O4S/c20-16(14-6-7-14)18-10-8-17(9-11-18)19(12-13-23-17)24(21,22)15-4-2-1-3-5-15/h1-5,14H,6-13H2. The molecule has 0 bridgehead atoms. The third-order valence-corrected chi connectivity index (χ3v) is 7.20. The second-order valence-electron chi connectivity index (χ2n) is 6.78. The Kier molecular flexibility index (Phi) is 3.89. The van der Waals surface area contributed by atoms with Crippen molar-refractivity contribution in [3.8, 4) is 0 Å². The van der Waals surface area contributed by atoms with Crippen molar-refractivity contribution in [3.05, 3.63) is 30.3 Å². The Morgan fingerprint density at radius 1 is 1.08 bits per heavy atom. The van der Waals surface area contributed by atoms with Crippen LogP contribution in [0, 0.1) is 5.92 Å². The van der Waals surface area contributed by atoms with Crippen LogP contribution in [0.3, 0.4) is 0 Å². The van der Waals surface area contributed by atoms with Crippen molar-refractivity contribution < 1.29 is 17.9 Å². The van der Waals surface area contributed by atoms with Crippen LogP contribution in [0.2, 0.25) is 0 Å². The van der Waals surface area contributed by atoms with Crippen LogP contribution in [0.4, 0.5) is 0 Å². The monoisotopic (exact) mass is 350 g/mol. The van der Waals surface area contributed by atoms with Crippen molar-refractivity contribution in [2.75, 3.05) is 26.2 Å². The van der Waals surface area contributed by atoms with Crippen LogP contribution in [0.5, 0.6) is 0 Å². The predicted molar refractivity (Wildman–Crippen MR) is 87.6 cm³/mol. The third kappa shape index (κ3) is 2.64. The summed E-state index contributed by atoms with van der Waals surface area (Å²) in [5.74, 6) is 0.424. The molecule has 1 amide bonds. The Balaban J connectivity index is 1.54. The molecule has 1 aromatic rings. The molecule has 130 valence electrons. The zero-order valence-corrected chi connectivity index (χ0v) is 14.4. The molecule has 2 aliphatic heterocycles. The zero-order chi connectivity index (χ0) is 16.8. The van der Waals surface area contributed by atoms with E-state index in [4.69, 9.17) is 4.74 Å². The maximum absolute atomic E-state index is 13.0. The van der Waals surface area contributed by atoms with Crippen molar-refractivity contribution >= 4 is 15.9 Å². The molecule has 7 heteroatoms. The molecular weight excluding hydrogens is 328 g/mol. The van der Waals surface area contributed by atoms with Gasteiger partial charge in [0.1, 0.15) is 5.72 Å². The first-order chi connectivity index (χ1) is 11.5. The molecule has 0 unspecified atom stereocenters.